The van der Waals surface area contributed by atoms with Gasteiger partial charge in [0.2, 0.25) is 0 Å². The zero-order valence-corrected chi connectivity index (χ0v) is 9.52. The van der Waals surface area contributed by atoms with E-state index in [0.29, 0.717) is 0 Å². The van der Waals surface area contributed by atoms with Crippen LogP contribution in [0.5, 0.6) is 5.75 Å². The lowest BCUT2D eigenvalue weighted by Crippen LogP contribution is -2.26. The molecule has 1 unspecified atom stereocenters. The van der Waals surface area contributed by atoms with E-state index in [4.69, 9.17) is 10.5 Å². The zero-order valence-electron chi connectivity index (χ0n) is 8.71. The maximum Gasteiger partial charge on any atom is 0.475 e. The Balaban J connectivity index is 2.47. The molecule has 0 radical (unpaired) electrons. The normalized spacial score (nSPS) is 16.5. The number of amides is 1. The van der Waals surface area contributed by atoms with Gasteiger partial charge in [-0.2, -0.15) is 13.2 Å². The number of ether oxygens (including phenoxy) is 1. The molecule has 5 nitrogen and oxygen atoms in total. The van der Waals surface area contributed by atoms with Crippen molar-refractivity contribution in [1.29, 1.82) is 0 Å². The molecule has 1 atom stereocenters. The molecule has 0 saturated heterocycles. The second kappa shape index (κ2) is 4.16. The van der Waals surface area contributed by atoms with E-state index in [9.17, 15) is 22.2 Å². The van der Waals surface area contributed by atoms with E-state index in [-0.39, 0.29) is 23.7 Å². The Kier molecular flexibility index (Phi) is 2.93. The van der Waals surface area contributed by atoms with Gasteiger partial charge in [0, 0.05) is 0 Å². The first-order chi connectivity index (χ1) is 8.29. The molecule has 1 aromatic carbocycles. The zero-order chi connectivity index (χ0) is 13.5. The number of carbonyl (C=O) groups is 1. The minimum atomic E-state index is -4.89. The van der Waals surface area contributed by atoms with Gasteiger partial charge in [-0.3, -0.25) is 4.79 Å². The summed E-state index contributed by atoms with van der Waals surface area (Å²) in [5, 5.41) is 2.30. The fraction of sp³-hybridized carbons (Fsp3) is 0.222. The summed E-state index contributed by atoms with van der Waals surface area (Å²) >= 11 is 0. The summed E-state index contributed by atoms with van der Waals surface area (Å²) < 4.78 is 53.1. The lowest BCUT2D eigenvalue weighted by Gasteiger charge is -2.20. The molecule has 0 aliphatic carbocycles. The van der Waals surface area contributed by atoms with Gasteiger partial charge in [0.15, 0.2) is 23.2 Å². The SMILES string of the molecule is Nc1cc(S(=O)C(F)(F)F)cc2c1OCC(=O)N2. The molecule has 0 aromatic heterocycles. The van der Waals surface area contributed by atoms with Gasteiger partial charge in [-0.15, -0.1) is 0 Å². The molecule has 1 aliphatic heterocycles. The average molecular weight is 280 g/mol. The standard InChI is InChI=1S/C9H7F3N2O3S/c10-9(11,12)18(16)4-1-5(13)8-6(2-4)14-7(15)3-17-8/h1-2H,3,13H2,(H,14,15). The molecule has 1 aromatic rings. The first-order valence-corrected chi connectivity index (χ1v) is 5.79. The van der Waals surface area contributed by atoms with E-state index in [2.05, 4.69) is 5.32 Å². The van der Waals surface area contributed by atoms with Crippen LogP contribution in [-0.2, 0) is 15.6 Å². The number of hydrogen-bond donors (Lipinski definition) is 2. The first kappa shape index (κ1) is 12.7. The van der Waals surface area contributed by atoms with Gasteiger partial charge in [0.1, 0.15) is 0 Å². The number of benzene rings is 1. The molecule has 18 heavy (non-hydrogen) atoms. The van der Waals surface area contributed by atoms with Gasteiger partial charge >= 0.3 is 5.51 Å². The van der Waals surface area contributed by atoms with Crippen LogP contribution in [0.2, 0.25) is 0 Å². The minimum absolute atomic E-state index is 0.0150. The van der Waals surface area contributed by atoms with Crippen molar-refractivity contribution in [2.24, 2.45) is 0 Å². The van der Waals surface area contributed by atoms with Crippen LogP contribution >= 0.6 is 0 Å². The van der Waals surface area contributed by atoms with Crippen LogP contribution in [0, 0.1) is 0 Å². The summed E-state index contributed by atoms with van der Waals surface area (Å²) in [4.78, 5) is 10.5. The van der Waals surface area contributed by atoms with Crippen molar-refractivity contribution in [2.45, 2.75) is 10.4 Å². The highest BCUT2D eigenvalue weighted by Gasteiger charge is 2.38. The molecule has 1 aliphatic rings. The van der Waals surface area contributed by atoms with Gasteiger partial charge in [0.05, 0.1) is 16.3 Å². The molecule has 0 fully saturated rings. The molecular weight excluding hydrogens is 273 g/mol. The number of anilines is 2. The number of rotatable bonds is 1. The van der Waals surface area contributed by atoms with E-state index < -0.39 is 27.1 Å². The number of alkyl halides is 3. The Morgan fingerprint density at radius 3 is 2.67 bits per heavy atom. The van der Waals surface area contributed by atoms with Crippen molar-refractivity contribution in [3.63, 3.8) is 0 Å². The second-order valence-electron chi connectivity index (χ2n) is 3.44. The van der Waals surface area contributed by atoms with Crippen LogP contribution in [-0.4, -0.2) is 22.2 Å². The van der Waals surface area contributed by atoms with Crippen molar-refractivity contribution in [2.75, 3.05) is 17.7 Å². The Hall–Kier alpha value is -1.77. The Bertz CT molecular complexity index is 545. The van der Waals surface area contributed by atoms with Gasteiger partial charge in [-0.1, -0.05) is 0 Å². The number of halogens is 3. The molecule has 0 saturated carbocycles. The van der Waals surface area contributed by atoms with Crippen LogP contribution < -0.4 is 15.8 Å². The van der Waals surface area contributed by atoms with E-state index in [0.717, 1.165) is 12.1 Å². The van der Waals surface area contributed by atoms with Crippen molar-refractivity contribution in [3.05, 3.63) is 12.1 Å². The summed E-state index contributed by atoms with van der Waals surface area (Å²) in [6.07, 6.45) is 0. The van der Waals surface area contributed by atoms with Gasteiger partial charge in [0.25, 0.3) is 5.91 Å². The molecule has 9 heteroatoms. The fourth-order valence-corrected chi connectivity index (χ4v) is 2.17. The van der Waals surface area contributed by atoms with E-state index in [1.807, 2.05) is 0 Å². The summed E-state index contributed by atoms with van der Waals surface area (Å²) in [7, 11) is -3.21. The highest BCUT2D eigenvalue weighted by Crippen LogP contribution is 2.38. The number of nitrogens with two attached hydrogens (primary N) is 1. The molecule has 1 heterocycles. The van der Waals surface area contributed by atoms with Gasteiger partial charge in [-0.25, -0.2) is 4.21 Å². The van der Waals surface area contributed by atoms with E-state index in [1.54, 1.807) is 0 Å². The Labute approximate surface area is 102 Å². The van der Waals surface area contributed by atoms with Crippen molar-refractivity contribution in [3.8, 4) is 5.75 Å². The lowest BCUT2D eigenvalue weighted by atomic mass is 10.2. The van der Waals surface area contributed by atoms with Crippen LogP contribution in [0.4, 0.5) is 24.5 Å². The third-order valence-electron chi connectivity index (χ3n) is 2.14. The van der Waals surface area contributed by atoms with Crippen molar-refractivity contribution >= 4 is 28.1 Å². The quantitative estimate of drug-likeness (QED) is 0.758. The summed E-state index contributed by atoms with van der Waals surface area (Å²) in [5.74, 6) is -0.436. The van der Waals surface area contributed by atoms with Crippen molar-refractivity contribution < 1.29 is 26.9 Å². The third kappa shape index (κ3) is 2.26. The molecule has 1 amide bonds. The molecule has 0 bridgehead atoms. The first-order valence-electron chi connectivity index (χ1n) is 4.64. The predicted octanol–water partition coefficient (Wildman–Crippen LogP) is 1.23. The molecular formula is C9H7F3N2O3S. The number of nitrogens with one attached hydrogen (secondary N) is 1. The Morgan fingerprint density at radius 1 is 1.39 bits per heavy atom. The number of hydrogen-bond acceptors (Lipinski definition) is 4. The topological polar surface area (TPSA) is 81.4 Å². The smallest absolute Gasteiger partial charge is 0.475 e. The van der Waals surface area contributed by atoms with E-state index in [1.165, 1.54) is 0 Å². The second-order valence-corrected chi connectivity index (χ2v) is 4.91. The predicted molar refractivity (Wildman–Crippen MR) is 57.4 cm³/mol. The van der Waals surface area contributed by atoms with Crippen LogP contribution in [0.1, 0.15) is 0 Å². The molecule has 0 spiro atoms. The average Bonchev–Trinajstić information content (AvgIpc) is 2.25. The van der Waals surface area contributed by atoms with E-state index >= 15 is 0 Å². The molecule has 98 valence electrons. The van der Waals surface area contributed by atoms with Crippen LogP contribution in [0.3, 0.4) is 0 Å². The third-order valence-corrected chi connectivity index (χ3v) is 3.22. The monoisotopic (exact) mass is 280 g/mol. The Morgan fingerprint density at radius 2 is 2.06 bits per heavy atom. The summed E-state index contributed by atoms with van der Waals surface area (Å²) in [6, 6.07) is 1.85. The number of fused-ring (bicyclic) bond motifs is 1. The maximum atomic E-state index is 12.3. The lowest BCUT2D eigenvalue weighted by molar-refractivity contribution is -0.118. The highest BCUT2D eigenvalue weighted by atomic mass is 32.2. The number of nitrogen functional groups attached to an aromatic ring is 1. The van der Waals surface area contributed by atoms with Crippen molar-refractivity contribution in [1.82, 2.24) is 0 Å². The number of carbonyl (C=O) groups excluding carboxylic acids is 1. The van der Waals surface area contributed by atoms with Crippen LogP contribution in [0.15, 0.2) is 17.0 Å². The summed E-state index contributed by atoms with van der Waals surface area (Å²) in [6.45, 7) is -0.265. The van der Waals surface area contributed by atoms with Crippen LogP contribution in [0.25, 0.3) is 0 Å². The maximum absolute atomic E-state index is 12.3. The fourth-order valence-electron chi connectivity index (χ4n) is 1.44. The molecule has 2 rings (SSSR count). The highest BCUT2D eigenvalue weighted by molar-refractivity contribution is 7.86. The molecule has 3 N–H and O–H groups in total. The largest absolute Gasteiger partial charge is 0.479 e. The van der Waals surface area contributed by atoms with Gasteiger partial charge in [-0.05, 0) is 12.1 Å². The van der Waals surface area contributed by atoms with Gasteiger partial charge < -0.3 is 15.8 Å². The summed E-state index contributed by atoms with van der Waals surface area (Å²) in [5.41, 5.74) is 0.476. The minimum Gasteiger partial charge on any atom is -0.479 e.